The first kappa shape index (κ1) is 23.3. The molecule has 176 valence electrons. The fourth-order valence-electron chi connectivity index (χ4n) is 3.59. The number of anilines is 1. The summed E-state index contributed by atoms with van der Waals surface area (Å²) in [5, 5.41) is 3.63. The molecule has 34 heavy (non-hydrogen) atoms. The molecule has 1 aliphatic heterocycles. The molecular formula is C21H13F5N4O3S. The number of alkyl halides is 3. The first-order valence-electron chi connectivity index (χ1n) is 9.52. The first-order chi connectivity index (χ1) is 15.9. The van der Waals surface area contributed by atoms with Crippen LogP contribution in [0, 0.1) is 16.4 Å². The van der Waals surface area contributed by atoms with Gasteiger partial charge in [-0.15, -0.1) is 0 Å². The molecule has 1 aromatic heterocycles. The topological polar surface area (TPSA) is 96.0 Å². The van der Waals surface area contributed by atoms with E-state index in [0.717, 1.165) is 41.0 Å². The number of amides is 2. The van der Waals surface area contributed by atoms with Gasteiger partial charge in [-0.3, -0.25) is 23.9 Å². The van der Waals surface area contributed by atoms with Crippen LogP contribution < -0.4 is 16.2 Å². The largest absolute Gasteiger partial charge is 0.425 e. The van der Waals surface area contributed by atoms with Gasteiger partial charge >= 0.3 is 6.18 Å². The number of aromatic amines is 1. The third-order valence-corrected chi connectivity index (χ3v) is 5.56. The number of carbonyl (C=O) groups is 2. The zero-order valence-corrected chi connectivity index (χ0v) is 17.6. The molecule has 1 aliphatic rings. The summed E-state index contributed by atoms with van der Waals surface area (Å²) in [6, 6.07) is 8.48. The Morgan fingerprint density at radius 3 is 2.12 bits per heavy atom. The Morgan fingerprint density at radius 1 is 1.00 bits per heavy atom. The molecule has 7 nitrogen and oxygen atoms in total. The number of hydrogen-bond donors (Lipinski definition) is 3. The molecule has 3 N–H and O–H groups in total. The molecule has 13 heteroatoms. The van der Waals surface area contributed by atoms with Gasteiger partial charge in [-0.25, -0.2) is 8.78 Å². The molecule has 0 unspecified atom stereocenters. The van der Waals surface area contributed by atoms with E-state index in [2.05, 4.69) is 4.98 Å². The van der Waals surface area contributed by atoms with Gasteiger partial charge in [0.1, 0.15) is 23.0 Å². The molecule has 3 aromatic rings. The van der Waals surface area contributed by atoms with Gasteiger partial charge in [0.05, 0.1) is 6.54 Å². The van der Waals surface area contributed by atoms with Crippen LogP contribution in [0.3, 0.4) is 0 Å². The summed E-state index contributed by atoms with van der Waals surface area (Å²) in [6.07, 6.45) is -5.46. The average molecular weight is 496 g/mol. The summed E-state index contributed by atoms with van der Waals surface area (Å²) < 4.78 is 70.3. The van der Waals surface area contributed by atoms with Crippen molar-refractivity contribution in [2.45, 2.75) is 18.3 Å². The fourth-order valence-corrected chi connectivity index (χ4v) is 3.84. The second-order valence-electron chi connectivity index (χ2n) is 7.36. The van der Waals surface area contributed by atoms with Gasteiger partial charge in [0.2, 0.25) is 0 Å². The van der Waals surface area contributed by atoms with E-state index < -0.39 is 52.1 Å². The molecule has 0 fully saturated rings. The van der Waals surface area contributed by atoms with Crippen LogP contribution in [-0.4, -0.2) is 27.5 Å². The summed E-state index contributed by atoms with van der Waals surface area (Å²) >= 11 is 5.07. The van der Waals surface area contributed by atoms with Crippen molar-refractivity contribution in [2.24, 2.45) is 0 Å². The van der Waals surface area contributed by atoms with Crippen molar-refractivity contribution in [3.05, 3.63) is 92.0 Å². The predicted octanol–water partition coefficient (Wildman–Crippen LogP) is 3.37. The van der Waals surface area contributed by atoms with Crippen LogP contribution in [0.15, 0.2) is 53.3 Å². The van der Waals surface area contributed by atoms with Gasteiger partial charge in [-0.05, 0) is 54.2 Å². The van der Waals surface area contributed by atoms with E-state index in [-0.39, 0.29) is 16.9 Å². The van der Waals surface area contributed by atoms with E-state index in [1.165, 1.54) is 12.1 Å². The molecule has 1 atom stereocenters. The van der Waals surface area contributed by atoms with Crippen molar-refractivity contribution in [1.82, 2.24) is 14.9 Å². The highest BCUT2D eigenvalue weighted by atomic mass is 32.1. The third-order valence-electron chi connectivity index (χ3n) is 5.23. The van der Waals surface area contributed by atoms with Crippen LogP contribution >= 0.6 is 12.2 Å². The van der Waals surface area contributed by atoms with Gasteiger partial charge in [-0.2, -0.15) is 13.2 Å². The summed E-state index contributed by atoms with van der Waals surface area (Å²) in [6.45, 7) is -0.224. The van der Waals surface area contributed by atoms with Crippen molar-refractivity contribution >= 4 is 29.9 Å². The van der Waals surface area contributed by atoms with Gasteiger partial charge in [-0.1, -0.05) is 12.1 Å². The van der Waals surface area contributed by atoms with E-state index in [0.29, 0.717) is 5.56 Å². The molecule has 2 aromatic carbocycles. The molecule has 2 heterocycles. The molecule has 0 spiro atoms. The summed E-state index contributed by atoms with van der Waals surface area (Å²) in [5.74, 6) is -4.95. The maximum absolute atomic E-state index is 14.4. The van der Waals surface area contributed by atoms with Crippen LogP contribution in [0.25, 0.3) is 0 Å². The molecule has 2 amide bonds. The van der Waals surface area contributed by atoms with Crippen molar-refractivity contribution in [1.29, 1.82) is 0 Å². The van der Waals surface area contributed by atoms with Crippen LogP contribution in [0.4, 0.5) is 27.8 Å². The van der Waals surface area contributed by atoms with E-state index in [1.54, 1.807) is 5.32 Å². The average Bonchev–Trinajstić information content (AvgIpc) is 3.06. The minimum absolute atomic E-state index is 0.224. The second kappa shape index (κ2) is 8.17. The summed E-state index contributed by atoms with van der Waals surface area (Å²) in [7, 11) is 0. The zero-order valence-electron chi connectivity index (χ0n) is 16.8. The lowest BCUT2D eigenvalue weighted by molar-refractivity contribution is -0.196. The number of halogens is 5. The lowest BCUT2D eigenvalue weighted by atomic mass is 9.91. The minimum Gasteiger partial charge on any atom is -0.326 e. The second-order valence-corrected chi connectivity index (χ2v) is 7.75. The van der Waals surface area contributed by atoms with Crippen LogP contribution in [0.5, 0.6) is 0 Å². The SMILES string of the molecule is O=C(N[C@]1(C(F)(F)F)C(=O)Nc2c1c(=O)[nH]c(=S)n2Cc1ccc(F)cc1)c1ccc(F)cc1. The lowest BCUT2D eigenvalue weighted by Crippen LogP contribution is -2.61. The maximum Gasteiger partial charge on any atom is 0.425 e. The normalized spacial score (nSPS) is 17.3. The number of carbonyl (C=O) groups excluding carboxylic acids is 2. The number of rotatable bonds is 4. The Kier molecular flexibility index (Phi) is 5.59. The van der Waals surface area contributed by atoms with Gasteiger partial charge < -0.3 is 10.6 Å². The highest BCUT2D eigenvalue weighted by Crippen LogP contribution is 2.45. The Labute approximate surface area is 192 Å². The maximum atomic E-state index is 14.4. The number of nitrogens with zero attached hydrogens (tertiary/aromatic N) is 1. The third kappa shape index (κ3) is 3.77. The van der Waals surface area contributed by atoms with Crippen molar-refractivity contribution in [3.63, 3.8) is 0 Å². The smallest absolute Gasteiger partial charge is 0.326 e. The Hall–Kier alpha value is -3.87. The Balaban J connectivity index is 1.88. The Morgan fingerprint density at radius 2 is 1.56 bits per heavy atom. The van der Waals surface area contributed by atoms with Gasteiger partial charge in [0, 0.05) is 5.56 Å². The van der Waals surface area contributed by atoms with Crippen LogP contribution in [-0.2, 0) is 16.9 Å². The number of benzene rings is 2. The first-order valence-corrected chi connectivity index (χ1v) is 9.93. The van der Waals surface area contributed by atoms with Crippen molar-refractivity contribution < 1.29 is 31.5 Å². The highest BCUT2D eigenvalue weighted by molar-refractivity contribution is 7.71. The van der Waals surface area contributed by atoms with Crippen molar-refractivity contribution in [3.8, 4) is 0 Å². The number of hydrogen-bond acceptors (Lipinski definition) is 4. The number of nitrogens with one attached hydrogen (secondary N) is 3. The standard InChI is InChI=1S/C21H13F5N4O3S/c22-12-5-1-10(2-6-12)9-30-15-14(17(32)28-19(30)34)20(18(33)27-15,21(24,25)26)29-16(31)11-3-7-13(23)8-4-11/h1-8H,9H2,(H,27,33)(H,29,31)(H,28,32,34)/t20-/m0/s1. The van der Waals surface area contributed by atoms with Crippen LogP contribution in [0.2, 0.25) is 0 Å². The van der Waals surface area contributed by atoms with E-state index in [4.69, 9.17) is 12.2 Å². The van der Waals surface area contributed by atoms with E-state index >= 15 is 0 Å². The molecular weight excluding hydrogens is 483 g/mol. The number of fused-ring (bicyclic) bond motifs is 1. The molecule has 0 saturated heterocycles. The van der Waals surface area contributed by atoms with E-state index in [1.807, 2.05) is 5.32 Å². The van der Waals surface area contributed by atoms with Crippen molar-refractivity contribution in [2.75, 3.05) is 5.32 Å². The van der Waals surface area contributed by atoms with E-state index in [9.17, 15) is 36.3 Å². The molecule has 0 bridgehead atoms. The fraction of sp³-hybridized carbons (Fsp3) is 0.143. The summed E-state index contributed by atoms with van der Waals surface area (Å²) in [5.41, 5.74) is -6.18. The lowest BCUT2D eigenvalue weighted by Gasteiger charge is -2.30. The zero-order chi connectivity index (χ0) is 24.8. The number of H-pyrrole nitrogens is 1. The molecule has 0 radical (unpaired) electrons. The van der Waals surface area contributed by atoms with Crippen LogP contribution in [0.1, 0.15) is 21.5 Å². The molecule has 0 aliphatic carbocycles. The monoisotopic (exact) mass is 496 g/mol. The predicted molar refractivity (Wildman–Crippen MR) is 112 cm³/mol. The van der Waals surface area contributed by atoms with Gasteiger partial charge in [0.15, 0.2) is 4.77 Å². The quantitative estimate of drug-likeness (QED) is 0.381. The van der Waals surface area contributed by atoms with Gasteiger partial charge in [0.25, 0.3) is 22.9 Å². The Bertz CT molecular complexity index is 1410. The highest BCUT2D eigenvalue weighted by Gasteiger charge is 2.68. The molecule has 4 rings (SSSR count). The molecule has 0 saturated carbocycles. The number of aromatic nitrogens is 2. The minimum atomic E-state index is -5.46. The summed E-state index contributed by atoms with van der Waals surface area (Å²) in [4.78, 5) is 40.2.